The second kappa shape index (κ2) is 8.06. The Morgan fingerprint density at radius 3 is 2.58 bits per heavy atom. The molecule has 0 saturated heterocycles. The molecule has 2 rings (SSSR count). The minimum Gasteiger partial charge on any atom is -0.490 e. The van der Waals surface area contributed by atoms with Gasteiger partial charge in [0.2, 0.25) is 0 Å². The fourth-order valence-electron chi connectivity index (χ4n) is 2.08. The summed E-state index contributed by atoms with van der Waals surface area (Å²) in [6.07, 6.45) is 0. The number of carbonyl (C=O) groups is 2. The quantitative estimate of drug-likeness (QED) is 0.481. The number of aryl methyl sites for hydroxylation is 1. The van der Waals surface area contributed by atoms with E-state index in [0.717, 1.165) is 6.07 Å². The molecule has 0 saturated carbocycles. The fourth-order valence-corrected chi connectivity index (χ4v) is 2.08. The van der Waals surface area contributed by atoms with E-state index in [-0.39, 0.29) is 17.0 Å². The largest absolute Gasteiger partial charge is 0.490 e. The fraction of sp³-hybridized carbons (Fsp3) is 0.176. The summed E-state index contributed by atoms with van der Waals surface area (Å²) in [5.41, 5.74) is 0.115. The molecule has 1 amide bonds. The van der Waals surface area contributed by atoms with Crippen LogP contribution in [0, 0.1) is 22.9 Å². The number of methoxy groups -OCH3 is 1. The van der Waals surface area contributed by atoms with Crippen LogP contribution in [0.2, 0.25) is 0 Å². The van der Waals surface area contributed by atoms with Gasteiger partial charge in [-0.2, -0.15) is 0 Å². The second-order valence-electron chi connectivity index (χ2n) is 5.25. The van der Waals surface area contributed by atoms with Gasteiger partial charge in [0.15, 0.2) is 12.4 Å². The van der Waals surface area contributed by atoms with E-state index in [2.05, 4.69) is 5.32 Å². The Labute approximate surface area is 147 Å². The normalized spacial score (nSPS) is 10.1. The molecule has 0 aliphatic carbocycles. The Hall–Kier alpha value is -3.49. The summed E-state index contributed by atoms with van der Waals surface area (Å²) in [7, 11) is 1.26. The maximum absolute atomic E-state index is 13.7. The lowest BCUT2D eigenvalue weighted by Crippen LogP contribution is -2.21. The predicted molar refractivity (Wildman–Crippen MR) is 89.7 cm³/mol. The number of hydrogen-bond donors (Lipinski definition) is 1. The highest BCUT2D eigenvalue weighted by atomic mass is 19.1. The molecule has 0 fully saturated rings. The lowest BCUT2D eigenvalue weighted by atomic mass is 10.2. The molecule has 2 aromatic rings. The Kier molecular flexibility index (Phi) is 5.84. The average Bonchev–Trinajstić information content (AvgIpc) is 2.61. The number of nitro benzene ring substituents is 1. The van der Waals surface area contributed by atoms with Crippen LogP contribution in [0.5, 0.6) is 5.75 Å². The molecule has 26 heavy (non-hydrogen) atoms. The van der Waals surface area contributed by atoms with Gasteiger partial charge in [-0.15, -0.1) is 0 Å². The van der Waals surface area contributed by atoms with E-state index in [1.54, 1.807) is 13.0 Å². The van der Waals surface area contributed by atoms with E-state index in [9.17, 15) is 24.1 Å². The van der Waals surface area contributed by atoms with Crippen LogP contribution in [0.1, 0.15) is 15.9 Å². The summed E-state index contributed by atoms with van der Waals surface area (Å²) in [6, 6.07) is 7.75. The molecule has 0 aliphatic heterocycles. The van der Waals surface area contributed by atoms with E-state index in [1.165, 1.54) is 31.4 Å². The standard InChI is InChI=1S/C17H15FN2O6/c1-10-3-5-13(12(18)7-10)19-16(21)9-26-17(22)11-4-6-15(25-2)14(8-11)20(23)24/h3-8H,9H2,1-2H3,(H,19,21). The van der Waals surface area contributed by atoms with E-state index >= 15 is 0 Å². The van der Waals surface area contributed by atoms with Crippen LogP contribution in [-0.4, -0.2) is 30.5 Å². The molecule has 0 atom stereocenters. The first-order chi connectivity index (χ1) is 12.3. The van der Waals surface area contributed by atoms with Crippen molar-refractivity contribution in [3.05, 3.63) is 63.5 Å². The summed E-state index contributed by atoms with van der Waals surface area (Å²) in [5, 5.41) is 13.2. The van der Waals surface area contributed by atoms with Crippen LogP contribution in [0.4, 0.5) is 15.8 Å². The second-order valence-corrected chi connectivity index (χ2v) is 5.25. The number of anilines is 1. The zero-order valence-electron chi connectivity index (χ0n) is 13.9. The average molecular weight is 362 g/mol. The van der Waals surface area contributed by atoms with Crippen molar-refractivity contribution in [2.45, 2.75) is 6.92 Å². The molecule has 0 heterocycles. The number of hydrogen-bond acceptors (Lipinski definition) is 6. The minimum absolute atomic E-state index is 0.0147. The molecule has 0 bridgehead atoms. The highest BCUT2D eigenvalue weighted by Crippen LogP contribution is 2.27. The van der Waals surface area contributed by atoms with E-state index in [0.29, 0.717) is 5.56 Å². The van der Waals surface area contributed by atoms with Gasteiger partial charge in [-0.25, -0.2) is 9.18 Å². The van der Waals surface area contributed by atoms with Gasteiger partial charge in [0.05, 0.1) is 23.3 Å². The molecule has 0 unspecified atom stereocenters. The highest BCUT2D eigenvalue weighted by Gasteiger charge is 2.19. The molecule has 136 valence electrons. The molecule has 0 spiro atoms. The van der Waals surface area contributed by atoms with Crippen LogP contribution in [-0.2, 0) is 9.53 Å². The van der Waals surface area contributed by atoms with Gasteiger partial charge in [0, 0.05) is 6.07 Å². The number of nitrogens with one attached hydrogen (secondary N) is 1. The minimum atomic E-state index is -0.935. The topological polar surface area (TPSA) is 108 Å². The Balaban J connectivity index is 2.00. The van der Waals surface area contributed by atoms with Gasteiger partial charge >= 0.3 is 11.7 Å². The maximum atomic E-state index is 13.7. The predicted octanol–water partition coefficient (Wildman–Crippen LogP) is 2.85. The van der Waals surface area contributed by atoms with Gasteiger partial charge < -0.3 is 14.8 Å². The molecular formula is C17H15FN2O6. The summed E-state index contributed by atoms with van der Waals surface area (Å²) in [5.74, 6) is -2.31. The number of esters is 1. The molecule has 1 N–H and O–H groups in total. The van der Waals surface area contributed by atoms with Crippen molar-refractivity contribution in [2.75, 3.05) is 19.0 Å². The molecule has 0 aliphatic rings. The first-order valence-corrected chi connectivity index (χ1v) is 7.37. The SMILES string of the molecule is COc1ccc(C(=O)OCC(=O)Nc2ccc(C)cc2F)cc1[N+](=O)[O-]. The smallest absolute Gasteiger partial charge is 0.338 e. The number of rotatable bonds is 6. The van der Waals surface area contributed by atoms with E-state index in [1.807, 2.05) is 0 Å². The third-order valence-corrected chi connectivity index (χ3v) is 3.34. The summed E-state index contributed by atoms with van der Waals surface area (Å²) in [6.45, 7) is 1.02. The third kappa shape index (κ3) is 4.53. The first kappa shape index (κ1) is 18.8. The number of carbonyl (C=O) groups excluding carboxylic acids is 2. The molecule has 2 aromatic carbocycles. The number of halogens is 1. The summed E-state index contributed by atoms with van der Waals surface area (Å²) < 4.78 is 23.3. The number of nitrogens with zero attached hydrogens (tertiary/aromatic N) is 1. The number of amides is 1. The van der Waals surface area contributed by atoms with Crippen molar-refractivity contribution in [3.8, 4) is 5.75 Å². The Morgan fingerprint density at radius 2 is 1.96 bits per heavy atom. The van der Waals surface area contributed by atoms with Crippen LogP contribution in [0.15, 0.2) is 36.4 Å². The van der Waals surface area contributed by atoms with Gasteiger partial charge in [-0.3, -0.25) is 14.9 Å². The molecule has 0 radical (unpaired) electrons. The van der Waals surface area contributed by atoms with Crippen molar-refractivity contribution in [2.24, 2.45) is 0 Å². The van der Waals surface area contributed by atoms with Gasteiger partial charge in [0.1, 0.15) is 5.82 Å². The molecular weight excluding hydrogens is 347 g/mol. The van der Waals surface area contributed by atoms with Crippen LogP contribution < -0.4 is 10.1 Å². The van der Waals surface area contributed by atoms with Crippen molar-refractivity contribution < 1.29 is 28.4 Å². The summed E-state index contributed by atoms with van der Waals surface area (Å²) in [4.78, 5) is 34.0. The van der Waals surface area contributed by atoms with Crippen LogP contribution >= 0.6 is 0 Å². The van der Waals surface area contributed by atoms with E-state index < -0.39 is 34.9 Å². The maximum Gasteiger partial charge on any atom is 0.338 e. The van der Waals surface area contributed by atoms with Gasteiger partial charge in [0.25, 0.3) is 5.91 Å². The Bertz CT molecular complexity index is 868. The van der Waals surface area contributed by atoms with Crippen LogP contribution in [0.25, 0.3) is 0 Å². The summed E-state index contributed by atoms with van der Waals surface area (Å²) >= 11 is 0. The van der Waals surface area contributed by atoms with Crippen molar-refractivity contribution in [3.63, 3.8) is 0 Å². The van der Waals surface area contributed by atoms with Gasteiger partial charge in [-0.1, -0.05) is 6.07 Å². The number of ether oxygens (including phenoxy) is 2. The zero-order chi connectivity index (χ0) is 19.3. The monoisotopic (exact) mass is 362 g/mol. The van der Waals surface area contributed by atoms with Crippen molar-refractivity contribution >= 4 is 23.3 Å². The third-order valence-electron chi connectivity index (χ3n) is 3.34. The molecule has 8 nitrogen and oxygen atoms in total. The zero-order valence-corrected chi connectivity index (χ0v) is 13.9. The molecule has 0 aromatic heterocycles. The number of nitro groups is 1. The first-order valence-electron chi connectivity index (χ1n) is 7.37. The Morgan fingerprint density at radius 1 is 1.23 bits per heavy atom. The van der Waals surface area contributed by atoms with Crippen LogP contribution in [0.3, 0.4) is 0 Å². The van der Waals surface area contributed by atoms with Crippen molar-refractivity contribution in [1.29, 1.82) is 0 Å². The van der Waals surface area contributed by atoms with Crippen molar-refractivity contribution in [1.82, 2.24) is 0 Å². The lowest BCUT2D eigenvalue weighted by Gasteiger charge is -2.08. The number of benzene rings is 2. The highest BCUT2D eigenvalue weighted by molar-refractivity contribution is 5.96. The van der Waals surface area contributed by atoms with E-state index in [4.69, 9.17) is 9.47 Å². The lowest BCUT2D eigenvalue weighted by molar-refractivity contribution is -0.385. The molecule has 9 heteroatoms. The van der Waals surface area contributed by atoms with Gasteiger partial charge in [-0.05, 0) is 36.8 Å².